The van der Waals surface area contributed by atoms with Crippen molar-refractivity contribution in [2.45, 2.75) is 43.8 Å². The zero-order chi connectivity index (χ0) is 26.4. The third-order valence-corrected chi connectivity index (χ3v) is 5.60. The Morgan fingerprint density at radius 1 is 1.06 bits per heavy atom. The second kappa shape index (κ2) is 11.4. The van der Waals surface area contributed by atoms with Crippen molar-refractivity contribution < 1.29 is 50.9 Å². The summed E-state index contributed by atoms with van der Waals surface area (Å²) in [5.41, 5.74) is 0.922. The van der Waals surface area contributed by atoms with Gasteiger partial charge in [0.1, 0.15) is 5.01 Å². The Bertz CT molecular complexity index is 979. The summed E-state index contributed by atoms with van der Waals surface area (Å²) in [6.07, 6.45) is -3.17. The van der Waals surface area contributed by atoms with Crippen molar-refractivity contribution >= 4 is 34.9 Å². The van der Waals surface area contributed by atoms with Gasteiger partial charge in [-0.2, -0.15) is 26.3 Å². The van der Waals surface area contributed by atoms with Gasteiger partial charge in [-0.3, -0.25) is 14.7 Å². The maximum Gasteiger partial charge on any atom is 0.490 e. The van der Waals surface area contributed by atoms with Crippen molar-refractivity contribution in [3.8, 4) is 0 Å². The number of anilines is 1. The van der Waals surface area contributed by atoms with E-state index in [2.05, 4.69) is 14.9 Å². The number of likely N-dealkylation sites (tertiary alicyclic amines) is 1. The molecule has 0 saturated carbocycles. The first-order chi connectivity index (χ1) is 16.2. The van der Waals surface area contributed by atoms with Gasteiger partial charge in [0, 0.05) is 36.8 Å². The number of alkyl halides is 6. The molecule has 2 aliphatic rings. The minimum absolute atomic E-state index is 0.210. The van der Waals surface area contributed by atoms with Gasteiger partial charge in [-0.1, -0.05) is 0 Å². The van der Waals surface area contributed by atoms with E-state index in [4.69, 9.17) is 19.8 Å². The Morgan fingerprint density at radius 2 is 1.66 bits per heavy atom. The van der Waals surface area contributed by atoms with Crippen molar-refractivity contribution in [2.24, 2.45) is 0 Å². The highest BCUT2D eigenvalue weighted by molar-refractivity contribution is 7.09. The average molecular weight is 528 g/mol. The lowest BCUT2D eigenvalue weighted by molar-refractivity contribution is -0.193. The number of pyridine rings is 1. The second-order valence-corrected chi connectivity index (χ2v) is 8.08. The molecule has 35 heavy (non-hydrogen) atoms. The molecule has 2 aliphatic heterocycles. The zero-order valence-electron chi connectivity index (χ0n) is 17.5. The Morgan fingerprint density at radius 3 is 2.11 bits per heavy atom. The van der Waals surface area contributed by atoms with Gasteiger partial charge in [-0.15, -0.1) is 11.3 Å². The van der Waals surface area contributed by atoms with E-state index >= 15 is 0 Å². The Labute approximate surface area is 197 Å². The lowest BCUT2D eigenvalue weighted by Crippen LogP contribution is -2.37. The SMILES string of the molecule is O=C(O)C(F)(F)F.O=C(O)C(F)(F)F.O=C1C[C@@H]2[C@H](CCN2Cc2nccs2)N1c1cccnc1. The largest absolute Gasteiger partial charge is 0.490 e. The highest BCUT2D eigenvalue weighted by Crippen LogP contribution is 2.36. The van der Waals surface area contributed by atoms with E-state index in [-0.39, 0.29) is 11.9 Å². The number of halogens is 6. The fourth-order valence-corrected chi connectivity index (χ4v) is 4.10. The molecular formula is C19H18F6N4O5S. The van der Waals surface area contributed by atoms with Crippen LogP contribution in [0.2, 0.25) is 0 Å². The van der Waals surface area contributed by atoms with Gasteiger partial charge in [0.15, 0.2) is 0 Å². The smallest absolute Gasteiger partial charge is 0.475 e. The molecule has 0 aromatic carbocycles. The summed E-state index contributed by atoms with van der Waals surface area (Å²) in [7, 11) is 0. The number of aliphatic carboxylic acids is 2. The summed E-state index contributed by atoms with van der Waals surface area (Å²) in [4.78, 5) is 43.0. The molecule has 2 N–H and O–H groups in total. The van der Waals surface area contributed by atoms with Crippen molar-refractivity contribution in [1.29, 1.82) is 0 Å². The molecule has 4 rings (SSSR count). The third kappa shape index (κ3) is 7.88. The molecular weight excluding hydrogens is 510 g/mol. The Hall–Kier alpha value is -3.27. The first kappa shape index (κ1) is 28.0. The predicted octanol–water partition coefficient (Wildman–Crippen LogP) is 3.18. The number of fused-ring (bicyclic) bond motifs is 1. The van der Waals surface area contributed by atoms with E-state index in [1.54, 1.807) is 23.7 Å². The highest BCUT2D eigenvalue weighted by Gasteiger charge is 2.47. The van der Waals surface area contributed by atoms with Gasteiger partial charge in [0.25, 0.3) is 0 Å². The fourth-order valence-electron chi connectivity index (χ4n) is 3.46. The normalized spacial score (nSPS) is 19.8. The molecule has 192 valence electrons. The highest BCUT2D eigenvalue weighted by atomic mass is 32.1. The summed E-state index contributed by atoms with van der Waals surface area (Å²) in [6, 6.07) is 4.44. The van der Waals surface area contributed by atoms with Crippen molar-refractivity contribution in [3.63, 3.8) is 0 Å². The van der Waals surface area contributed by atoms with Gasteiger partial charge in [-0.05, 0) is 18.6 Å². The van der Waals surface area contributed by atoms with E-state index in [1.165, 1.54) is 0 Å². The second-order valence-electron chi connectivity index (χ2n) is 7.10. The van der Waals surface area contributed by atoms with Crippen LogP contribution in [0.3, 0.4) is 0 Å². The van der Waals surface area contributed by atoms with Crippen LogP contribution in [0.1, 0.15) is 17.8 Å². The molecule has 0 bridgehead atoms. The number of amides is 1. The maximum absolute atomic E-state index is 12.4. The van der Waals surface area contributed by atoms with E-state index in [0.717, 1.165) is 30.2 Å². The average Bonchev–Trinajstić information content (AvgIpc) is 3.47. The quantitative estimate of drug-likeness (QED) is 0.583. The number of carbonyl (C=O) groups excluding carboxylic acids is 1. The number of aromatic nitrogens is 2. The van der Waals surface area contributed by atoms with E-state index in [9.17, 15) is 31.1 Å². The molecule has 16 heteroatoms. The standard InChI is InChI=1S/C15H16N4OS.2C2HF3O2/c20-15-8-13-12(19(15)11-2-1-4-16-9-11)3-6-18(13)10-14-17-5-7-21-14;2*3-2(4,5)1(6)7/h1-2,4-5,7,9,12-13H,3,6,8,10H2;2*(H,6,7)/t12-,13+;;/m0../s1. The molecule has 2 aromatic heterocycles. The summed E-state index contributed by atoms with van der Waals surface area (Å²) >= 11 is 1.68. The van der Waals surface area contributed by atoms with Gasteiger partial charge < -0.3 is 15.1 Å². The van der Waals surface area contributed by atoms with Crippen LogP contribution in [0.4, 0.5) is 32.0 Å². The predicted molar refractivity (Wildman–Crippen MR) is 108 cm³/mol. The van der Waals surface area contributed by atoms with Crippen LogP contribution >= 0.6 is 11.3 Å². The number of rotatable bonds is 3. The molecule has 2 saturated heterocycles. The van der Waals surface area contributed by atoms with Crippen LogP contribution in [-0.2, 0) is 20.9 Å². The molecule has 0 aliphatic carbocycles. The molecule has 2 fully saturated rings. The number of carbonyl (C=O) groups is 3. The van der Waals surface area contributed by atoms with Crippen LogP contribution in [0.5, 0.6) is 0 Å². The Kier molecular flexibility index (Phi) is 9.14. The lowest BCUT2D eigenvalue weighted by atomic mass is 10.1. The maximum atomic E-state index is 12.4. The molecule has 2 aromatic rings. The summed E-state index contributed by atoms with van der Waals surface area (Å²) in [5.74, 6) is -5.30. The van der Waals surface area contributed by atoms with Gasteiger partial charge >= 0.3 is 24.3 Å². The van der Waals surface area contributed by atoms with E-state index in [0.29, 0.717) is 12.5 Å². The summed E-state index contributed by atoms with van der Waals surface area (Å²) in [5, 5.41) is 17.4. The number of thiazole rings is 1. The van der Waals surface area contributed by atoms with Crippen LogP contribution in [0, 0.1) is 0 Å². The number of carboxylic acids is 2. The van der Waals surface area contributed by atoms with Gasteiger partial charge in [-0.25, -0.2) is 14.6 Å². The fraction of sp³-hybridized carbons (Fsp3) is 0.421. The van der Waals surface area contributed by atoms with Crippen molar-refractivity contribution in [3.05, 3.63) is 41.1 Å². The number of carboxylic acid groups (broad SMARTS) is 2. The lowest BCUT2D eigenvalue weighted by Gasteiger charge is -2.24. The topological polar surface area (TPSA) is 124 Å². The van der Waals surface area contributed by atoms with E-state index in [1.807, 2.05) is 28.6 Å². The number of nitrogens with zero attached hydrogens (tertiary/aromatic N) is 4. The van der Waals surface area contributed by atoms with Crippen LogP contribution in [-0.4, -0.2) is 73.9 Å². The van der Waals surface area contributed by atoms with Crippen LogP contribution in [0.15, 0.2) is 36.1 Å². The minimum Gasteiger partial charge on any atom is -0.475 e. The first-order valence-electron chi connectivity index (χ1n) is 9.66. The molecule has 4 heterocycles. The van der Waals surface area contributed by atoms with Gasteiger partial charge in [0.2, 0.25) is 5.91 Å². The number of hydrogen-bond donors (Lipinski definition) is 2. The minimum atomic E-state index is -5.08. The van der Waals surface area contributed by atoms with Gasteiger partial charge in [0.05, 0.1) is 24.5 Å². The van der Waals surface area contributed by atoms with Crippen molar-refractivity contribution in [1.82, 2.24) is 14.9 Å². The zero-order valence-corrected chi connectivity index (χ0v) is 18.3. The molecule has 2 atom stereocenters. The molecule has 1 amide bonds. The summed E-state index contributed by atoms with van der Waals surface area (Å²) < 4.78 is 63.5. The molecule has 0 radical (unpaired) electrons. The molecule has 9 nitrogen and oxygen atoms in total. The van der Waals surface area contributed by atoms with E-state index < -0.39 is 24.3 Å². The molecule has 0 unspecified atom stereocenters. The summed E-state index contributed by atoms with van der Waals surface area (Å²) in [6.45, 7) is 1.88. The third-order valence-electron chi connectivity index (χ3n) is 4.84. The Balaban J connectivity index is 0.000000257. The van der Waals surface area contributed by atoms with Crippen LogP contribution in [0.25, 0.3) is 0 Å². The first-order valence-corrected chi connectivity index (χ1v) is 10.5. The van der Waals surface area contributed by atoms with Crippen LogP contribution < -0.4 is 4.90 Å². The monoisotopic (exact) mass is 528 g/mol. The van der Waals surface area contributed by atoms with Crippen molar-refractivity contribution in [2.75, 3.05) is 11.4 Å². The number of hydrogen-bond acceptors (Lipinski definition) is 7. The molecule has 0 spiro atoms.